The number of alkyl halides is 2. The van der Waals surface area contributed by atoms with Gasteiger partial charge >= 0.3 is 0 Å². The summed E-state index contributed by atoms with van der Waals surface area (Å²) in [6.45, 7) is -0.917. The third-order valence-electron chi connectivity index (χ3n) is 5.53. The second-order valence-corrected chi connectivity index (χ2v) is 7.61. The highest BCUT2D eigenvalue weighted by Gasteiger charge is 2.51. The number of benzene rings is 2. The zero-order valence-electron chi connectivity index (χ0n) is 17.2. The van der Waals surface area contributed by atoms with Gasteiger partial charge in [-0.2, -0.15) is 20.0 Å². The van der Waals surface area contributed by atoms with Crippen LogP contribution >= 0.6 is 0 Å². The fourth-order valence-corrected chi connectivity index (χ4v) is 3.88. The second-order valence-electron chi connectivity index (χ2n) is 7.61. The van der Waals surface area contributed by atoms with E-state index in [1.807, 2.05) is 0 Å². The summed E-state index contributed by atoms with van der Waals surface area (Å²) in [6.07, 6.45) is 1.84. The van der Waals surface area contributed by atoms with Gasteiger partial charge in [0, 0.05) is 25.6 Å². The summed E-state index contributed by atoms with van der Waals surface area (Å²) >= 11 is 0. The van der Waals surface area contributed by atoms with Crippen LogP contribution in [0.15, 0.2) is 47.1 Å². The van der Waals surface area contributed by atoms with Gasteiger partial charge in [0.05, 0.1) is 12.4 Å². The molecule has 4 aromatic rings. The van der Waals surface area contributed by atoms with Gasteiger partial charge in [0.25, 0.3) is 17.8 Å². The molecule has 2 aromatic heterocycles. The highest BCUT2D eigenvalue weighted by molar-refractivity contribution is 5.98. The number of fused-ring (bicyclic) bond motifs is 1. The lowest BCUT2D eigenvalue weighted by Crippen LogP contribution is -2.47. The van der Waals surface area contributed by atoms with Crippen LogP contribution in [-0.4, -0.2) is 55.8 Å². The maximum absolute atomic E-state index is 14.7. The number of halogens is 5. The van der Waals surface area contributed by atoms with Crippen molar-refractivity contribution < 1.29 is 31.2 Å². The van der Waals surface area contributed by atoms with Crippen molar-refractivity contribution in [1.29, 1.82) is 0 Å². The van der Waals surface area contributed by atoms with Gasteiger partial charge < -0.3 is 14.6 Å². The maximum atomic E-state index is 14.7. The molecule has 3 heterocycles. The van der Waals surface area contributed by atoms with Gasteiger partial charge in [0.15, 0.2) is 17.2 Å². The van der Waals surface area contributed by atoms with Crippen molar-refractivity contribution in [3.63, 3.8) is 0 Å². The minimum Gasteiger partial charge on any atom is -0.424 e. The summed E-state index contributed by atoms with van der Waals surface area (Å²) in [5, 5.41) is 10.2. The summed E-state index contributed by atoms with van der Waals surface area (Å²) in [7, 11) is 0. The van der Waals surface area contributed by atoms with Gasteiger partial charge in [-0.05, 0) is 24.3 Å². The summed E-state index contributed by atoms with van der Waals surface area (Å²) in [5.41, 5.74) is -0.562. The van der Waals surface area contributed by atoms with E-state index in [1.165, 1.54) is 18.5 Å². The van der Waals surface area contributed by atoms with E-state index in [2.05, 4.69) is 20.5 Å². The Morgan fingerprint density at radius 3 is 2.68 bits per heavy atom. The quantitative estimate of drug-likeness (QED) is 0.439. The van der Waals surface area contributed by atoms with Crippen LogP contribution in [-0.2, 0) is 0 Å². The van der Waals surface area contributed by atoms with Gasteiger partial charge in [0.1, 0.15) is 28.6 Å². The van der Waals surface area contributed by atoms with E-state index in [0.29, 0.717) is 0 Å². The highest BCUT2D eigenvalue weighted by atomic mass is 19.3. The number of hydrogen-bond acceptors (Lipinski definition) is 6. The molecule has 1 fully saturated rings. The van der Waals surface area contributed by atoms with Crippen molar-refractivity contribution in [2.24, 2.45) is 0 Å². The standard InChI is InChI=1S/C21H15F5N6O2/c22-11-1-4-15-13(9-11)30-20(34-15)27-10-16-21(25,26)5-8-31(16)19(33)17-14(32-28-6-7-29-32)3-2-12(23)18(17)24/h1-4,6-7,9,16H,5,8,10H2,(H,27,30)/t16-/m1/s1. The summed E-state index contributed by atoms with van der Waals surface area (Å²) in [6, 6.07) is 3.59. The zero-order chi connectivity index (χ0) is 24.0. The summed E-state index contributed by atoms with van der Waals surface area (Å²) in [5.74, 6) is -7.85. The minimum absolute atomic E-state index is 0.158. The number of rotatable bonds is 5. The molecule has 176 valence electrons. The number of nitrogens with one attached hydrogen (secondary N) is 1. The van der Waals surface area contributed by atoms with Crippen LogP contribution in [0.3, 0.4) is 0 Å². The molecule has 1 atom stereocenters. The Morgan fingerprint density at radius 2 is 1.91 bits per heavy atom. The molecule has 0 spiro atoms. The first-order valence-electron chi connectivity index (χ1n) is 10.1. The van der Waals surface area contributed by atoms with Gasteiger partial charge in [-0.25, -0.2) is 22.0 Å². The average Bonchev–Trinajstić information content (AvgIpc) is 3.52. The Labute approximate surface area is 188 Å². The Kier molecular flexibility index (Phi) is 5.18. The number of likely N-dealkylation sites (tertiary alicyclic amines) is 1. The minimum atomic E-state index is -3.34. The number of oxazole rings is 1. The molecule has 34 heavy (non-hydrogen) atoms. The van der Waals surface area contributed by atoms with Crippen LogP contribution in [0.25, 0.3) is 16.8 Å². The first kappa shape index (κ1) is 21.8. The number of nitrogens with zero attached hydrogens (tertiary/aromatic N) is 5. The molecule has 8 nitrogen and oxygen atoms in total. The first-order chi connectivity index (χ1) is 16.2. The van der Waals surface area contributed by atoms with E-state index in [-0.39, 0.29) is 22.8 Å². The van der Waals surface area contributed by atoms with Crippen molar-refractivity contribution in [3.05, 3.63) is 65.7 Å². The average molecular weight is 478 g/mol. The Hall–Kier alpha value is -4.03. The van der Waals surface area contributed by atoms with Crippen molar-refractivity contribution in [3.8, 4) is 5.69 Å². The second kappa shape index (κ2) is 8.08. The lowest BCUT2D eigenvalue weighted by atomic mass is 10.1. The Morgan fingerprint density at radius 1 is 1.15 bits per heavy atom. The van der Waals surface area contributed by atoms with E-state index in [0.717, 1.165) is 34.0 Å². The molecular formula is C21H15F5N6O2. The van der Waals surface area contributed by atoms with E-state index in [1.54, 1.807) is 0 Å². The SMILES string of the molecule is O=C(c1c(-n2nccn2)ccc(F)c1F)N1CCC(F)(F)[C@H]1CNc1nc2cc(F)ccc2o1. The largest absolute Gasteiger partial charge is 0.424 e. The third-order valence-corrected chi connectivity index (χ3v) is 5.53. The molecule has 2 aromatic carbocycles. The normalized spacial score (nSPS) is 17.4. The molecule has 0 unspecified atom stereocenters. The predicted molar refractivity (Wildman–Crippen MR) is 108 cm³/mol. The number of hydrogen-bond donors (Lipinski definition) is 1. The van der Waals surface area contributed by atoms with Crippen LogP contribution in [0.5, 0.6) is 0 Å². The molecule has 1 amide bonds. The van der Waals surface area contributed by atoms with E-state index in [4.69, 9.17) is 4.42 Å². The molecule has 1 saturated heterocycles. The summed E-state index contributed by atoms with van der Waals surface area (Å²) in [4.78, 5) is 18.9. The van der Waals surface area contributed by atoms with Crippen molar-refractivity contribution in [2.45, 2.75) is 18.4 Å². The fraction of sp³-hybridized carbons (Fsp3) is 0.238. The number of anilines is 1. The molecule has 0 radical (unpaired) electrons. The summed E-state index contributed by atoms with van der Waals surface area (Å²) < 4.78 is 76.9. The number of aromatic nitrogens is 4. The smallest absolute Gasteiger partial charge is 0.295 e. The van der Waals surface area contributed by atoms with Crippen LogP contribution in [0.2, 0.25) is 0 Å². The molecule has 1 N–H and O–H groups in total. The number of amides is 1. The first-order valence-corrected chi connectivity index (χ1v) is 10.1. The number of carbonyl (C=O) groups excluding carboxylic acids is 1. The van der Waals surface area contributed by atoms with Gasteiger partial charge in [-0.1, -0.05) is 0 Å². The molecule has 1 aliphatic rings. The Bertz CT molecular complexity index is 1370. The highest BCUT2D eigenvalue weighted by Crippen LogP contribution is 2.36. The van der Waals surface area contributed by atoms with Crippen LogP contribution in [0.4, 0.5) is 28.0 Å². The molecule has 1 aliphatic heterocycles. The van der Waals surface area contributed by atoms with Gasteiger partial charge in [0.2, 0.25) is 0 Å². The molecule has 0 bridgehead atoms. The van der Waals surface area contributed by atoms with Gasteiger partial charge in [-0.3, -0.25) is 4.79 Å². The van der Waals surface area contributed by atoms with Crippen molar-refractivity contribution in [1.82, 2.24) is 24.9 Å². The van der Waals surface area contributed by atoms with E-state index >= 15 is 0 Å². The zero-order valence-corrected chi connectivity index (χ0v) is 17.2. The molecule has 13 heteroatoms. The molecule has 0 aliphatic carbocycles. The van der Waals surface area contributed by atoms with Crippen LogP contribution < -0.4 is 5.32 Å². The Balaban J connectivity index is 1.45. The lowest BCUT2D eigenvalue weighted by Gasteiger charge is -2.28. The number of carbonyl (C=O) groups is 1. The lowest BCUT2D eigenvalue weighted by molar-refractivity contribution is -0.0250. The third kappa shape index (κ3) is 3.72. The van der Waals surface area contributed by atoms with Gasteiger partial charge in [-0.15, -0.1) is 0 Å². The topological polar surface area (TPSA) is 89.1 Å². The fourth-order valence-electron chi connectivity index (χ4n) is 3.88. The molecule has 5 rings (SSSR count). The molecular weight excluding hydrogens is 463 g/mol. The van der Waals surface area contributed by atoms with E-state index in [9.17, 15) is 26.7 Å². The van der Waals surface area contributed by atoms with Crippen LogP contribution in [0.1, 0.15) is 16.8 Å². The van der Waals surface area contributed by atoms with Crippen molar-refractivity contribution >= 4 is 23.0 Å². The predicted octanol–water partition coefficient (Wildman–Crippen LogP) is 3.79. The maximum Gasteiger partial charge on any atom is 0.295 e. The van der Waals surface area contributed by atoms with Crippen molar-refractivity contribution in [2.75, 3.05) is 18.4 Å². The monoisotopic (exact) mass is 478 g/mol. The van der Waals surface area contributed by atoms with Crippen LogP contribution in [0, 0.1) is 17.5 Å². The van der Waals surface area contributed by atoms with E-state index < -0.39 is 60.4 Å². The molecule has 0 saturated carbocycles.